The Morgan fingerprint density at radius 1 is 0.316 bits per heavy atom. The molecule has 0 amide bonds. The maximum absolute atomic E-state index is 7.05. The van der Waals surface area contributed by atoms with E-state index in [1.807, 2.05) is 0 Å². The van der Waals surface area contributed by atoms with Crippen LogP contribution in [0, 0.1) is 6.92 Å². The molecule has 2 aromatic heterocycles. The van der Waals surface area contributed by atoms with Gasteiger partial charge in [-0.25, -0.2) is 0 Å². The van der Waals surface area contributed by atoms with Crippen LogP contribution in [0.4, 0.5) is 17.1 Å². The first-order valence-corrected chi connectivity index (χ1v) is 27.2. The van der Waals surface area contributed by atoms with Crippen molar-refractivity contribution in [1.29, 1.82) is 0 Å². The summed E-state index contributed by atoms with van der Waals surface area (Å²) in [5.74, 6) is 0. The maximum Gasteiger partial charge on any atom is 0.144 e. The summed E-state index contributed by atoms with van der Waals surface area (Å²) < 4.78 is 14.0. The molecule has 366 valence electrons. The third-order valence-corrected chi connectivity index (χ3v) is 18.9. The van der Waals surface area contributed by atoms with Crippen molar-refractivity contribution in [3.05, 3.63) is 232 Å². The number of para-hydroxylation sites is 2. The molecular formula is C73H57NO2. The second-order valence-corrected chi connectivity index (χ2v) is 24.4. The van der Waals surface area contributed by atoms with Crippen LogP contribution in [-0.2, 0) is 21.7 Å². The lowest BCUT2D eigenvalue weighted by Crippen LogP contribution is -2.24. The van der Waals surface area contributed by atoms with Gasteiger partial charge in [0.05, 0.1) is 0 Å². The molecule has 0 unspecified atom stereocenters. The predicted octanol–water partition coefficient (Wildman–Crippen LogP) is 20.2. The third kappa shape index (κ3) is 5.38. The molecule has 0 fully saturated rings. The number of furan rings is 2. The molecule has 4 aliphatic carbocycles. The SMILES string of the molecule is Cc1ccccc1-c1cc2c(c3c1oc1ccccc13)-c1ccc(N(c3ccc4c(c3)C(C)(C)c3ccccc3-4)c3ccc4c(c3)C(C)(C)c3c5c(c6oc7ccccc7c6c3-4)-c3ccccc3C5(C)C)cc1C2(C)C. The molecule has 0 spiro atoms. The van der Waals surface area contributed by atoms with E-state index >= 15 is 0 Å². The summed E-state index contributed by atoms with van der Waals surface area (Å²) in [5, 5.41) is 4.74. The third-order valence-electron chi connectivity index (χ3n) is 18.9. The van der Waals surface area contributed by atoms with Crippen LogP contribution in [0.1, 0.15) is 105 Å². The summed E-state index contributed by atoms with van der Waals surface area (Å²) in [6, 6.07) is 68.3. The lowest BCUT2D eigenvalue weighted by atomic mass is 9.72. The Morgan fingerprint density at radius 2 is 0.737 bits per heavy atom. The second-order valence-electron chi connectivity index (χ2n) is 24.4. The van der Waals surface area contributed by atoms with Gasteiger partial charge in [0.2, 0.25) is 0 Å². The molecule has 12 aromatic rings. The zero-order valence-corrected chi connectivity index (χ0v) is 44.6. The molecule has 3 nitrogen and oxygen atoms in total. The van der Waals surface area contributed by atoms with E-state index in [2.05, 4.69) is 249 Å². The first-order chi connectivity index (χ1) is 36.7. The van der Waals surface area contributed by atoms with E-state index in [9.17, 15) is 0 Å². The zero-order chi connectivity index (χ0) is 51.5. The predicted molar refractivity (Wildman–Crippen MR) is 316 cm³/mol. The Bertz CT molecular complexity index is 4600. The van der Waals surface area contributed by atoms with Crippen molar-refractivity contribution in [1.82, 2.24) is 0 Å². The minimum absolute atomic E-state index is 0.173. The average molecular weight is 980 g/mol. The van der Waals surface area contributed by atoms with Crippen molar-refractivity contribution >= 4 is 60.9 Å². The van der Waals surface area contributed by atoms with Gasteiger partial charge in [0.1, 0.15) is 22.3 Å². The van der Waals surface area contributed by atoms with Gasteiger partial charge in [-0.05, 0) is 156 Å². The first-order valence-electron chi connectivity index (χ1n) is 27.2. The second kappa shape index (κ2) is 14.5. The van der Waals surface area contributed by atoms with Crippen LogP contribution < -0.4 is 4.90 Å². The van der Waals surface area contributed by atoms with E-state index in [1.165, 1.54) is 116 Å². The van der Waals surface area contributed by atoms with Gasteiger partial charge < -0.3 is 13.7 Å². The number of hydrogen-bond acceptors (Lipinski definition) is 3. The van der Waals surface area contributed by atoms with Gasteiger partial charge in [0.25, 0.3) is 0 Å². The Labute approximate surface area is 444 Å². The largest absolute Gasteiger partial charge is 0.455 e. The zero-order valence-electron chi connectivity index (χ0n) is 44.6. The highest BCUT2D eigenvalue weighted by atomic mass is 16.3. The van der Waals surface area contributed by atoms with Gasteiger partial charge in [-0.3, -0.25) is 0 Å². The summed E-state index contributed by atoms with van der Waals surface area (Å²) in [4.78, 5) is 2.55. The Balaban J connectivity index is 0.937. The van der Waals surface area contributed by atoms with Gasteiger partial charge in [-0.1, -0.05) is 183 Å². The van der Waals surface area contributed by atoms with Crippen LogP contribution in [0.25, 0.3) is 99.5 Å². The molecule has 0 radical (unpaired) electrons. The fraction of sp³-hybridized carbons (Fsp3) is 0.178. The van der Waals surface area contributed by atoms with E-state index in [0.717, 1.165) is 50.3 Å². The van der Waals surface area contributed by atoms with Crippen LogP contribution >= 0.6 is 0 Å². The molecule has 3 heteroatoms. The monoisotopic (exact) mass is 979 g/mol. The quantitative estimate of drug-likeness (QED) is 0.176. The number of anilines is 3. The van der Waals surface area contributed by atoms with Gasteiger partial charge in [0, 0.05) is 71.4 Å². The Kier molecular flexibility index (Phi) is 8.38. The van der Waals surface area contributed by atoms with Crippen LogP contribution in [0.15, 0.2) is 191 Å². The molecule has 0 bridgehead atoms. The lowest BCUT2D eigenvalue weighted by Gasteiger charge is -2.32. The Hall–Kier alpha value is -8.40. The number of benzene rings is 10. The normalized spacial score (nSPS) is 16.1. The molecule has 0 saturated heterocycles. The maximum atomic E-state index is 7.05. The molecular weight excluding hydrogens is 923 g/mol. The van der Waals surface area contributed by atoms with E-state index < -0.39 is 0 Å². The van der Waals surface area contributed by atoms with E-state index in [-0.39, 0.29) is 21.7 Å². The summed E-state index contributed by atoms with van der Waals surface area (Å²) in [6.45, 7) is 21.6. The fourth-order valence-corrected chi connectivity index (χ4v) is 15.2. The lowest BCUT2D eigenvalue weighted by molar-refractivity contribution is 0.600. The topological polar surface area (TPSA) is 29.5 Å². The highest BCUT2D eigenvalue weighted by Crippen LogP contribution is 2.64. The summed E-state index contributed by atoms with van der Waals surface area (Å²) in [5.41, 5.74) is 30.9. The van der Waals surface area contributed by atoms with Crippen LogP contribution in [0.2, 0.25) is 0 Å². The smallest absolute Gasteiger partial charge is 0.144 e. The van der Waals surface area contributed by atoms with Crippen LogP contribution in [-0.4, -0.2) is 0 Å². The van der Waals surface area contributed by atoms with Crippen molar-refractivity contribution < 1.29 is 8.83 Å². The van der Waals surface area contributed by atoms with Crippen LogP contribution in [0.5, 0.6) is 0 Å². The molecule has 0 saturated carbocycles. The van der Waals surface area contributed by atoms with Crippen molar-refractivity contribution in [2.45, 2.75) is 84.0 Å². The molecule has 4 aliphatic rings. The van der Waals surface area contributed by atoms with Gasteiger partial charge >= 0.3 is 0 Å². The minimum atomic E-state index is -0.348. The summed E-state index contributed by atoms with van der Waals surface area (Å²) in [7, 11) is 0. The van der Waals surface area contributed by atoms with E-state index in [1.54, 1.807) is 0 Å². The highest BCUT2D eigenvalue weighted by Gasteiger charge is 2.49. The Morgan fingerprint density at radius 3 is 1.38 bits per heavy atom. The van der Waals surface area contributed by atoms with Gasteiger partial charge in [0.15, 0.2) is 0 Å². The van der Waals surface area contributed by atoms with E-state index in [4.69, 9.17) is 8.83 Å². The molecule has 76 heavy (non-hydrogen) atoms. The molecule has 0 aliphatic heterocycles. The standard InChI is InChI=1S/C73H57NO2/c1-40-20-10-11-21-44(40)52-39-58-61(63-50-24-14-18-28-59(50)75-68(52)63)48-34-31-42(37-56(48)71(58,4)5)74(41-30-33-46-45-22-12-16-26-53(45)70(2,3)55(46)36-41)43-32-35-49-57(38-43)73(8,9)66-62(49)64-51-25-15-19-29-60(51)76-69(64)65-47-23-13-17-27-54(47)72(6,7)67(65)66/h10-39H,1-9H3. The molecule has 2 heterocycles. The molecule has 16 rings (SSSR count). The van der Waals surface area contributed by atoms with Crippen molar-refractivity contribution in [2.24, 2.45) is 0 Å². The molecule has 0 N–H and O–H groups in total. The molecule has 10 aromatic carbocycles. The number of rotatable bonds is 4. The highest BCUT2D eigenvalue weighted by molar-refractivity contribution is 6.21. The summed E-state index contributed by atoms with van der Waals surface area (Å²) in [6.07, 6.45) is 0. The first kappa shape index (κ1) is 43.9. The van der Waals surface area contributed by atoms with Crippen molar-refractivity contribution in [2.75, 3.05) is 4.90 Å². The average Bonchev–Trinajstić information content (AvgIpc) is 4.35. The van der Waals surface area contributed by atoms with Crippen molar-refractivity contribution in [3.8, 4) is 55.6 Å². The molecule has 0 atom stereocenters. The van der Waals surface area contributed by atoms with E-state index in [0.29, 0.717) is 0 Å². The number of aryl methyl sites for hydroxylation is 1. The summed E-state index contributed by atoms with van der Waals surface area (Å²) >= 11 is 0. The number of nitrogens with zero attached hydrogens (tertiary/aromatic N) is 1. The fourth-order valence-electron chi connectivity index (χ4n) is 15.2. The minimum Gasteiger partial charge on any atom is -0.455 e. The van der Waals surface area contributed by atoms with Crippen molar-refractivity contribution in [3.63, 3.8) is 0 Å². The number of hydrogen-bond donors (Lipinski definition) is 0. The van der Waals surface area contributed by atoms with Gasteiger partial charge in [-0.15, -0.1) is 0 Å². The van der Waals surface area contributed by atoms with Crippen LogP contribution in [0.3, 0.4) is 0 Å². The van der Waals surface area contributed by atoms with Gasteiger partial charge in [-0.2, -0.15) is 0 Å². The number of fused-ring (bicyclic) bond motifs is 22.